The highest BCUT2D eigenvalue weighted by Gasteiger charge is 2.60. The van der Waals surface area contributed by atoms with Crippen LogP contribution in [0.1, 0.15) is 44.1 Å². The highest BCUT2D eigenvalue weighted by Crippen LogP contribution is 2.64. The van der Waals surface area contributed by atoms with Gasteiger partial charge < -0.3 is 10.1 Å². The average molecular weight is 334 g/mol. The Morgan fingerprint density at radius 1 is 1.26 bits per heavy atom. The topological polar surface area (TPSA) is 38.3 Å². The predicted molar refractivity (Wildman–Crippen MR) is 91.5 cm³/mol. The molecule has 1 amide bonds. The van der Waals surface area contributed by atoms with Crippen molar-refractivity contribution in [3.8, 4) is 0 Å². The number of halogens is 1. The maximum atomic E-state index is 13.2. The molecule has 0 aliphatic heterocycles. The van der Waals surface area contributed by atoms with E-state index < -0.39 is 0 Å². The van der Waals surface area contributed by atoms with Crippen LogP contribution in [0.15, 0.2) is 24.3 Å². The van der Waals surface area contributed by atoms with Gasteiger partial charge in [0.2, 0.25) is 5.91 Å². The Labute approximate surface area is 142 Å². The monoisotopic (exact) mass is 333 g/mol. The first kappa shape index (κ1) is 15.5. The molecule has 0 radical (unpaired) electrons. The molecule has 1 aromatic carbocycles. The van der Waals surface area contributed by atoms with Gasteiger partial charge in [0.05, 0.1) is 12.0 Å². The molecule has 4 heteroatoms. The summed E-state index contributed by atoms with van der Waals surface area (Å²) < 4.78 is 5.24. The molecule has 5 rings (SSSR count). The third-order valence-corrected chi connectivity index (χ3v) is 6.48. The number of hydrogen-bond acceptors (Lipinski definition) is 2. The first-order chi connectivity index (χ1) is 11.0. The molecule has 23 heavy (non-hydrogen) atoms. The van der Waals surface area contributed by atoms with E-state index in [4.69, 9.17) is 16.3 Å². The zero-order chi connectivity index (χ0) is 16.1. The Kier molecular flexibility index (Phi) is 3.69. The summed E-state index contributed by atoms with van der Waals surface area (Å²) in [5, 5.41) is 3.19. The van der Waals surface area contributed by atoms with Crippen LogP contribution in [0.4, 0.5) is 5.69 Å². The Morgan fingerprint density at radius 3 is 2.61 bits per heavy atom. The summed E-state index contributed by atoms with van der Waals surface area (Å²) in [6.07, 6.45) is 6.32. The van der Waals surface area contributed by atoms with Crippen molar-refractivity contribution in [3.05, 3.63) is 29.8 Å². The highest BCUT2D eigenvalue weighted by molar-refractivity contribution is 6.24. The molecular formula is C19H24ClNO2. The second-order valence-electron chi connectivity index (χ2n) is 7.94. The Balaban J connectivity index is 1.58. The molecule has 0 spiro atoms. The van der Waals surface area contributed by atoms with Crippen LogP contribution in [0.5, 0.6) is 0 Å². The SMILES string of the molecule is COCc1ccccc1NC(=O)C12C[C@H]3C[C@@H](CC(Cl)(C3)C1)C2. The third kappa shape index (κ3) is 2.68. The molecule has 1 aromatic rings. The van der Waals surface area contributed by atoms with E-state index in [-0.39, 0.29) is 16.2 Å². The van der Waals surface area contributed by atoms with E-state index in [1.54, 1.807) is 7.11 Å². The molecule has 1 N–H and O–H groups in total. The molecule has 3 nitrogen and oxygen atoms in total. The predicted octanol–water partition coefficient (Wildman–Crippen LogP) is 4.35. The largest absolute Gasteiger partial charge is 0.380 e. The van der Waals surface area contributed by atoms with E-state index >= 15 is 0 Å². The van der Waals surface area contributed by atoms with Crippen molar-refractivity contribution in [2.24, 2.45) is 17.3 Å². The lowest BCUT2D eigenvalue weighted by Gasteiger charge is -2.59. The van der Waals surface area contributed by atoms with Gasteiger partial charge in [-0.1, -0.05) is 18.2 Å². The van der Waals surface area contributed by atoms with Crippen LogP contribution >= 0.6 is 11.6 Å². The number of benzene rings is 1. The lowest BCUT2D eigenvalue weighted by Crippen LogP contribution is -2.57. The second-order valence-corrected chi connectivity index (χ2v) is 8.74. The summed E-state index contributed by atoms with van der Waals surface area (Å²) >= 11 is 6.85. The van der Waals surface area contributed by atoms with Gasteiger partial charge in [0, 0.05) is 23.2 Å². The van der Waals surface area contributed by atoms with E-state index in [1.165, 1.54) is 6.42 Å². The van der Waals surface area contributed by atoms with Crippen molar-refractivity contribution in [3.63, 3.8) is 0 Å². The summed E-state index contributed by atoms with van der Waals surface area (Å²) in [5.74, 6) is 1.43. The van der Waals surface area contributed by atoms with Crippen molar-refractivity contribution in [2.75, 3.05) is 12.4 Å². The fourth-order valence-electron chi connectivity index (χ4n) is 5.59. The summed E-state index contributed by atoms with van der Waals surface area (Å²) in [5.41, 5.74) is 1.64. The Bertz CT molecular complexity index is 616. The van der Waals surface area contributed by atoms with Gasteiger partial charge in [0.1, 0.15) is 0 Å². The van der Waals surface area contributed by atoms with Crippen LogP contribution in [-0.2, 0) is 16.1 Å². The summed E-state index contributed by atoms with van der Waals surface area (Å²) in [6, 6.07) is 7.89. The van der Waals surface area contributed by atoms with E-state index in [0.717, 1.165) is 43.4 Å². The van der Waals surface area contributed by atoms with Crippen molar-refractivity contribution in [2.45, 2.75) is 50.0 Å². The molecule has 4 saturated carbocycles. The molecular weight excluding hydrogens is 310 g/mol. The first-order valence-electron chi connectivity index (χ1n) is 8.59. The number of alkyl halides is 1. The normalized spacial score (nSPS) is 37.8. The molecule has 0 aromatic heterocycles. The molecule has 2 atom stereocenters. The van der Waals surface area contributed by atoms with Gasteiger partial charge in [-0.05, 0) is 56.4 Å². The van der Waals surface area contributed by atoms with Crippen LogP contribution in [0.3, 0.4) is 0 Å². The van der Waals surface area contributed by atoms with E-state index in [9.17, 15) is 4.79 Å². The molecule has 4 fully saturated rings. The lowest BCUT2D eigenvalue weighted by atomic mass is 9.49. The number of ether oxygens (including phenoxy) is 1. The minimum Gasteiger partial charge on any atom is -0.380 e. The summed E-state index contributed by atoms with van der Waals surface area (Å²) in [6.45, 7) is 0.508. The molecule has 4 aliphatic rings. The summed E-state index contributed by atoms with van der Waals surface area (Å²) in [4.78, 5) is 13.0. The van der Waals surface area contributed by atoms with Crippen LogP contribution < -0.4 is 5.32 Å². The maximum Gasteiger partial charge on any atom is 0.230 e. The van der Waals surface area contributed by atoms with Crippen LogP contribution in [-0.4, -0.2) is 17.9 Å². The van der Waals surface area contributed by atoms with E-state index in [2.05, 4.69) is 5.32 Å². The first-order valence-corrected chi connectivity index (χ1v) is 8.97. The zero-order valence-corrected chi connectivity index (χ0v) is 14.4. The maximum absolute atomic E-state index is 13.2. The van der Waals surface area contributed by atoms with Crippen molar-refractivity contribution in [1.82, 2.24) is 0 Å². The molecule has 124 valence electrons. The van der Waals surface area contributed by atoms with Gasteiger partial charge in [-0.15, -0.1) is 11.6 Å². The minimum absolute atomic E-state index is 0.131. The fourth-order valence-corrected chi connectivity index (χ4v) is 6.29. The number of carbonyl (C=O) groups is 1. The number of anilines is 1. The van der Waals surface area contributed by atoms with Crippen LogP contribution in [0.25, 0.3) is 0 Å². The van der Waals surface area contributed by atoms with Gasteiger partial charge >= 0.3 is 0 Å². The third-order valence-electron chi connectivity index (χ3n) is 6.04. The van der Waals surface area contributed by atoms with Crippen molar-refractivity contribution in [1.29, 1.82) is 0 Å². The Hall–Kier alpha value is -1.06. The van der Waals surface area contributed by atoms with Gasteiger partial charge in [0.15, 0.2) is 0 Å². The van der Waals surface area contributed by atoms with Gasteiger partial charge in [-0.2, -0.15) is 0 Å². The molecule has 0 saturated heterocycles. The molecule has 4 aliphatic carbocycles. The number of para-hydroxylation sites is 1. The standard InChI is InChI=1S/C19H24ClNO2/c1-23-11-15-4-2-3-5-16(15)21-17(22)18-7-13-6-14(8-18)10-19(20,9-13)12-18/h2-5,13-14H,6-12H2,1H3,(H,21,22)/t13-,14-,18?,19?/m1/s1. The average Bonchev–Trinajstić information content (AvgIpc) is 2.47. The van der Waals surface area contributed by atoms with E-state index in [1.807, 2.05) is 24.3 Å². The van der Waals surface area contributed by atoms with Crippen LogP contribution in [0, 0.1) is 17.3 Å². The Morgan fingerprint density at radius 2 is 1.96 bits per heavy atom. The van der Waals surface area contributed by atoms with Gasteiger partial charge in [-0.3, -0.25) is 4.79 Å². The van der Waals surface area contributed by atoms with Gasteiger partial charge in [-0.25, -0.2) is 0 Å². The fraction of sp³-hybridized carbons (Fsp3) is 0.632. The summed E-state index contributed by atoms with van der Waals surface area (Å²) in [7, 11) is 1.68. The quantitative estimate of drug-likeness (QED) is 0.832. The van der Waals surface area contributed by atoms with Crippen molar-refractivity contribution < 1.29 is 9.53 Å². The second kappa shape index (κ2) is 5.49. The zero-order valence-electron chi connectivity index (χ0n) is 13.6. The number of methoxy groups -OCH3 is 1. The van der Waals surface area contributed by atoms with Gasteiger partial charge in [0.25, 0.3) is 0 Å². The molecule has 0 unspecified atom stereocenters. The number of nitrogens with one attached hydrogen (secondary N) is 1. The number of amides is 1. The number of hydrogen-bond donors (Lipinski definition) is 1. The number of rotatable bonds is 4. The number of carbonyl (C=O) groups excluding carboxylic acids is 1. The minimum atomic E-state index is -0.258. The lowest BCUT2D eigenvalue weighted by molar-refractivity contribution is -0.138. The molecule has 0 heterocycles. The smallest absolute Gasteiger partial charge is 0.230 e. The molecule has 4 bridgehead atoms. The highest BCUT2D eigenvalue weighted by atomic mass is 35.5. The van der Waals surface area contributed by atoms with E-state index in [0.29, 0.717) is 18.4 Å². The van der Waals surface area contributed by atoms with Crippen LogP contribution in [0.2, 0.25) is 0 Å². The van der Waals surface area contributed by atoms with Crippen molar-refractivity contribution >= 4 is 23.2 Å².